The number of hydrogen-bond acceptors (Lipinski definition) is 5. The van der Waals surface area contributed by atoms with Gasteiger partial charge in [-0.15, -0.1) is 0 Å². The topological polar surface area (TPSA) is 72.8 Å². The van der Waals surface area contributed by atoms with Crippen LogP contribution in [-0.2, 0) is 19.1 Å². The van der Waals surface area contributed by atoms with Gasteiger partial charge >= 0.3 is 11.9 Å². The summed E-state index contributed by atoms with van der Waals surface area (Å²) >= 11 is 0. The molecule has 0 aliphatic carbocycles. The highest BCUT2D eigenvalue weighted by atomic mass is 16.6. The van der Waals surface area contributed by atoms with Crippen LogP contribution < -0.4 is 0 Å². The molecule has 0 aromatic heterocycles. The monoisotopic (exact) mass is 1180 g/mol. The van der Waals surface area contributed by atoms with Gasteiger partial charge in [-0.3, -0.25) is 9.59 Å². The number of hydrogen-bond donors (Lipinski definition) is 1. The number of allylic oxidation sites excluding steroid dienone is 36. The van der Waals surface area contributed by atoms with Gasteiger partial charge in [0.2, 0.25) is 0 Å². The summed E-state index contributed by atoms with van der Waals surface area (Å²) in [5.74, 6) is -0.630. The standard InChI is InChI=1S/C81H124O5/c1-3-5-7-9-11-13-15-17-19-21-23-25-27-29-31-33-35-37-38-39-40-41-42-44-46-48-50-52-54-56-58-60-62-64-66-68-70-72-74-76-81(84)86-79(77-82)78-85-80(83)75-73-71-69-67-65-63-61-59-57-55-53-51-49-47-45-43-36-34-32-30-28-26-24-22-20-18-16-14-12-10-8-6-4-2/h5-8,11-14,17-20,23-26,29-32,35-37,39-40,42-44,47-50,54,56,60,62,79,82H,3-4,9-10,15-16,21-22,27-28,33-34,38,41,45-46,51-53,55,57-59,61,63-78H2,1-2H3/b7-5-,8-6-,13-11-,14-12-,19-17-,20-18-,25-23-,26-24-,31-29-,32-30-,37-35-,40-39-,43-36-,44-42-,49-47-,50-48-,56-54-,62-60-. The van der Waals surface area contributed by atoms with Crippen LogP contribution >= 0.6 is 0 Å². The van der Waals surface area contributed by atoms with Crippen molar-refractivity contribution in [2.24, 2.45) is 0 Å². The summed E-state index contributed by atoms with van der Waals surface area (Å²) < 4.78 is 10.7. The van der Waals surface area contributed by atoms with E-state index in [-0.39, 0.29) is 25.2 Å². The molecule has 0 aromatic carbocycles. The molecule has 478 valence electrons. The van der Waals surface area contributed by atoms with Gasteiger partial charge in [-0.25, -0.2) is 0 Å². The molecule has 0 rings (SSSR count). The third kappa shape index (κ3) is 70.7. The Morgan fingerprint density at radius 1 is 0.267 bits per heavy atom. The van der Waals surface area contributed by atoms with Crippen molar-refractivity contribution < 1.29 is 24.2 Å². The van der Waals surface area contributed by atoms with Gasteiger partial charge in [0.1, 0.15) is 6.61 Å². The molecule has 0 aliphatic rings. The molecule has 1 N–H and O–H groups in total. The summed E-state index contributed by atoms with van der Waals surface area (Å²) in [4.78, 5) is 24.6. The van der Waals surface area contributed by atoms with Crippen LogP contribution in [0.15, 0.2) is 219 Å². The number of aliphatic hydroxyl groups excluding tert-OH is 1. The first-order valence-corrected chi connectivity index (χ1v) is 34.3. The first-order chi connectivity index (χ1) is 42.6. The fraction of sp³-hybridized carbons (Fsp3) is 0.531. The summed E-state index contributed by atoms with van der Waals surface area (Å²) in [7, 11) is 0. The van der Waals surface area contributed by atoms with Crippen LogP contribution in [0.4, 0.5) is 0 Å². The predicted octanol–water partition coefficient (Wildman–Crippen LogP) is 24.3. The SMILES string of the molecule is CC/C=C\C/C=C\C/C=C\C/C=C\C/C=C\C/C=C\C/C=C\C/C=C\C/C=C\C/C=C\C/C=C\CCCCCCCC(=O)OC(CO)COC(=O)CCCCCCCCCCCCC/C=C\C/C=C\C/C=C\C/C=C\C/C=C\C/C=C\C/C=C\CC. The van der Waals surface area contributed by atoms with Crippen molar-refractivity contribution in [3.63, 3.8) is 0 Å². The molecule has 0 spiro atoms. The highest BCUT2D eigenvalue weighted by Crippen LogP contribution is 2.14. The van der Waals surface area contributed by atoms with E-state index in [9.17, 15) is 14.7 Å². The summed E-state index contributed by atoms with van der Waals surface area (Å²) in [6.45, 7) is 3.88. The molecule has 5 heteroatoms. The van der Waals surface area contributed by atoms with E-state index in [0.717, 1.165) is 173 Å². The summed E-state index contributed by atoms with van der Waals surface area (Å²) in [5, 5.41) is 9.70. The van der Waals surface area contributed by atoms with Crippen molar-refractivity contribution in [3.05, 3.63) is 219 Å². The molecular formula is C81H124O5. The molecule has 0 aliphatic heterocycles. The molecule has 1 atom stereocenters. The molecule has 5 nitrogen and oxygen atoms in total. The number of rotatable bonds is 60. The van der Waals surface area contributed by atoms with Crippen LogP contribution in [0.3, 0.4) is 0 Å². The number of ether oxygens (including phenoxy) is 2. The second-order valence-electron chi connectivity index (χ2n) is 21.8. The zero-order valence-electron chi connectivity index (χ0n) is 54.7. The lowest BCUT2D eigenvalue weighted by Crippen LogP contribution is -2.28. The Labute approximate surface area is 529 Å². The minimum Gasteiger partial charge on any atom is -0.462 e. The molecular weight excluding hydrogens is 1050 g/mol. The second kappa shape index (κ2) is 73.5. The highest BCUT2D eigenvalue weighted by Gasteiger charge is 2.16. The molecule has 0 saturated heterocycles. The molecule has 0 radical (unpaired) electrons. The lowest BCUT2D eigenvalue weighted by molar-refractivity contribution is -0.161. The Balaban J connectivity index is 3.64. The van der Waals surface area contributed by atoms with Crippen LogP contribution in [0.25, 0.3) is 0 Å². The number of carbonyl (C=O) groups is 2. The maximum Gasteiger partial charge on any atom is 0.306 e. The zero-order valence-corrected chi connectivity index (χ0v) is 54.7. The number of carbonyl (C=O) groups excluding carboxylic acids is 2. The van der Waals surface area contributed by atoms with Crippen LogP contribution in [0, 0.1) is 0 Å². The Morgan fingerprint density at radius 2 is 0.465 bits per heavy atom. The lowest BCUT2D eigenvalue weighted by Gasteiger charge is -2.15. The molecule has 0 aromatic rings. The van der Waals surface area contributed by atoms with Gasteiger partial charge in [0, 0.05) is 12.8 Å². The normalized spacial score (nSPS) is 13.7. The molecule has 1 unspecified atom stereocenters. The molecule has 0 fully saturated rings. The van der Waals surface area contributed by atoms with Crippen molar-refractivity contribution in [1.82, 2.24) is 0 Å². The van der Waals surface area contributed by atoms with Crippen molar-refractivity contribution in [2.75, 3.05) is 13.2 Å². The van der Waals surface area contributed by atoms with Gasteiger partial charge in [0.15, 0.2) is 6.10 Å². The Morgan fingerprint density at radius 3 is 0.698 bits per heavy atom. The van der Waals surface area contributed by atoms with E-state index < -0.39 is 6.10 Å². The number of aliphatic hydroxyl groups is 1. The minimum absolute atomic E-state index is 0.0895. The van der Waals surface area contributed by atoms with Crippen molar-refractivity contribution in [2.45, 2.75) is 264 Å². The quantitative estimate of drug-likeness (QED) is 0.0373. The zero-order chi connectivity index (χ0) is 61.9. The van der Waals surface area contributed by atoms with E-state index >= 15 is 0 Å². The van der Waals surface area contributed by atoms with Gasteiger partial charge in [-0.2, -0.15) is 0 Å². The van der Waals surface area contributed by atoms with Crippen LogP contribution in [0.5, 0.6) is 0 Å². The minimum atomic E-state index is -0.803. The first-order valence-electron chi connectivity index (χ1n) is 34.3. The van der Waals surface area contributed by atoms with E-state index in [1.54, 1.807) is 0 Å². The average Bonchev–Trinajstić information content (AvgIpc) is 3.55. The second-order valence-corrected chi connectivity index (χ2v) is 21.8. The smallest absolute Gasteiger partial charge is 0.306 e. The van der Waals surface area contributed by atoms with E-state index in [4.69, 9.17) is 9.47 Å². The van der Waals surface area contributed by atoms with Crippen molar-refractivity contribution in [1.29, 1.82) is 0 Å². The Bertz CT molecular complexity index is 2060. The maximum absolute atomic E-state index is 12.4. The van der Waals surface area contributed by atoms with Gasteiger partial charge in [-0.1, -0.05) is 310 Å². The molecule has 0 amide bonds. The molecule has 0 heterocycles. The maximum atomic E-state index is 12.4. The van der Waals surface area contributed by atoms with E-state index in [0.29, 0.717) is 12.8 Å². The molecule has 86 heavy (non-hydrogen) atoms. The van der Waals surface area contributed by atoms with E-state index in [2.05, 4.69) is 233 Å². The third-order valence-corrected chi connectivity index (χ3v) is 13.8. The van der Waals surface area contributed by atoms with Crippen LogP contribution in [0.2, 0.25) is 0 Å². The summed E-state index contributed by atoms with van der Waals surface area (Å²) in [6, 6.07) is 0. The van der Waals surface area contributed by atoms with Gasteiger partial charge < -0.3 is 14.6 Å². The number of esters is 2. The van der Waals surface area contributed by atoms with Gasteiger partial charge in [0.25, 0.3) is 0 Å². The van der Waals surface area contributed by atoms with Crippen LogP contribution in [0.1, 0.15) is 258 Å². The third-order valence-electron chi connectivity index (χ3n) is 13.8. The predicted molar refractivity (Wildman–Crippen MR) is 379 cm³/mol. The Hall–Kier alpha value is -5.78. The molecule has 0 saturated carbocycles. The highest BCUT2D eigenvalue weighted by molar-refractivity contribution is 5.70. The first kappa shape index (κ1) is 80.2. The average molecular weight is 1180 g/mol. The fourth-order valence-electron chi connectivity index (χ4n) is 8.72. The fourth-order valence-corrected chi connectivity index (χ4v) is 8.72. The largest absolute Gasteiger partial charge is 0.462 e. The Kier molecular flexibility index (Phi) is 68.5. The van der Waals surface area contributed by atoms with E-state index in [1.807, 2.05) is 0 Å². The van der Waals surface area contributed by atoms with E-state index in [1.165, 1.54) is 57.8 Å². The summed E-state index contributed by atoms with van der Waals surface area (Å²) in [6.07, 6.45) is 119. The lowest BCUT2D eigenvalue weighted by atomic mass is 10.0. The van der Waals surface area contributed by atoms with Gasteiger partial charge in [-0.05, 0) is 154 Å². The number of unbranched alkanes of at least 4 members (excludes halogenated alkanes) is 16. The van der Waals surface area contributed by atoms with Gasteiger partial charge in [0.05, 0.1) is 6.61 Å². The van der Waals surface area contributed by atoms with Crippen molar-refractivity contribution >= 4 is 11.9 Å². The summed E-state index contributed by atoms with van der Waals surface area (Å²) in [5.41, 5.74) is 0. The molecule has 0 bridgehead atoms. The van der Waals surface area contributed by atoms with Crippen molar-refractivity contribution in [3.8, 4) is 0 Å². The van der Waals surface area contributed by atoms with Crippen LogP contribution in [-0.4, -0.2) is 36.4 Å².